The first-order valence-electron chi connectivity index (χ1n) is 10.3. The Labute approximate surface area is 196 Å². The van der Waals surface area contributed by atoms with E-state index in [2.05, 4.69) is 10.3 Å². The monoisotopic (exact) mass is 463 g/mol. The number of anilines is 2. The summed E-state index contributed by atoms with van der Waals surface area (Å²) in [5.74, 6) is 1.06. The molecule has 0 bridgehead atoms. The number of nitrogens with zero attached hydrogens (tertiary/aromatic N) is 2. The first-order valence-corrected chi connectivity index (χ1v) is 11.2. The van der Waals surface area contributed by atoms with Gasteiger partial charge in [-0.3, -0.25) is 14.9 Å². The number of amides is 2. The van der Waals surface area contributed by atoms with Crippen LogP contribution in [0, 0.1) is 0 Å². The quantitative estimate of drug-likeness (QED) is 0.535. The maximum absolute atomic E-state index is 12.5. The molecule has 7 nitrogen and oxygen atoms in total. The van der Waals surface area contributed by atoms with Gasteiger partial charge >= 0.3 is 0 Å². The van der Waals surface area contributed by atoms with E-state index in [1.807, 2.05) is 43.5 Å². The summed E-state index contributed by atoms with van der Waals surface area (Å²) in [6.07, 6.45) is 3.11. The van der Waals surface area contributed by atoms with Gasteiger partial charge in [-0.2, -0.15) is 0 Å². The lowest BCUT2D eigenvalue weighted by Gasteiger charge is -2.16. The van der Waals surface area contributed by atoms with Crippen molar-refractivity contribution in [3.05, 3.63) is 59.0 Å². The molecule has 1 aliphatic rings. The summed E-state index contributed by atoms with van der Waals surface area (Å²) in [4.78, 5) is 31.2. The summed E-state index contributed by atoms with van der Waals surface area (Å²) in [5.41, 5.74) is 3.71. The third-order valence-corrected chi connectivity index (χ3v) is 6.51. The van der Waals surface area contributed by atoms with Crippen LogP contribution in [0.2, 0.25) is 0 Å². The van der Waals surface area contributed by atoms with Crippen LogP contribution in [0.1, 0.15) is 25.0 Å². The summed E-state index contributed by atoms with van der Waals surface area (Å²) in [5, 5.41) is 5.18. The SMILES string of the molecule is COc1ccc(/C=C/C(=O)Nc2nc(-c3ccc4c(c3)C(C)(C)C(=O)N4C)cs2)c(OC)c1. The molecule has 0 fully saturated rings. The highest BCUT2D eigenvalue weighted by molar-refractivity contribution is 7.14. The lowest BCUT2D eigenvalue weighted by atomic mass is 9.85. The van der Waals surface area contributed by atoms with E-state index in [4.69, 9.17) is 9.47 Å². The number of carbonyl (C=O) groups excluding carboxylic acids is 2. The molecule has 8 heteroatoms. The molecule has 0 saturated heterocycles. The van der Waals surface area contributed by atoms with Crippen molar-refractivity contribution in [2.45, 2.75) is 19.3 Å². The molecule has 0 saturated carbocycles. The zero-order chi connectivity index (χ0) is 23.8. The van der Waals surface area contributed by atoms with Gasteiger partial charge in [0.15, 0.2) is 5.13 Å². The first kappa shape index (κ1) is 22.5. The van der Waals surface area contributed by atoms with Gasteiger partial charge in [-0.25, -0.2) is 4.98 Å². The zero-order valence-corrected chi connectivity index (χ0v) is 19.9. The fraction of sp³-hybridized carbons (Fsp3) is 0.240. The van der Waals surface area contributed by atoms with Crippen LogP contribution in [0.3, 0.4) is 0 Å². The van der Waals surface area contributed by atoms with Crippen molar-refractivity contribution in [3.8, 4) is 22.8 Å². The highest BCUT2D eigenvalue weighted by Crippen LogP contribution is 2.42. The standard InChI is InChI=1S/C25H25N3O4S/c1-25(2)18-12-16(7-10-20(18)28(3)23(25)30)19-14-33-24(26-19)27-22(29)11-8-15-6-9-17(31-4)13-21(15)32-5/h6-14H,1-5H3,(H,26,27,29)/b11-8+. The summed E-state index contributed by atoms with van der Waals surface area (Å²) < 4.78 is 10.5. The van der Waals surface area contributed by atoms with Crippen LogP contribution in [0.5, 0.6) is 11.5 Å². The molecule has 2 heterocycles. The van der Waals surface area contributed by atoms with Gasteiger partial charge in [0.05, 0.1) is 25.3 Å². The van der Waals surface area contributed by atoms with E-state index in [0.29, 0.717) is 16.6 Å². The topological polar surface area (TPSA) is 80.8 Å². The third kappa shape index (κ3) is 4.21. The van der Waals surface area contributed by atoms with E-state index in [-0.39, 0.29) is 11.8 Å². The number of hydrogen-bond donors (Lipinski definition) is 1. The van der Waals surface area contributed by atoms with Crippen LogP contribution in [-0.4, -0.2) is 38.1 Å². The third-order valence-electron chi connectivity index (χ3n) is 5.76. The summed E-state index contributed by atoms with van der Waals surface area (Å²) in [6, 6.07) is 11.3. The smallest absolute Gasteiger partial charge is 0.250 e. The lowest BCUT2D eigenvalue weighted by Crippen LogP contribution is -2.33. The highest BCUT2D eigenvalue weighted by Gasteiger charge is 2.42. The van der Waals surface area contributed by atoms with Crippen LogP contribution in [0.15, 0.2) is 47.9 Å². The predicted molar refractivity (Wildman–Crippen MR) is 131 cm³/mol. The molecule has 1 aromatic heterocycles. The van der Waals surface area contributed by atoms with E-state index >= 15 is 0 Å². The molecule has 1 N–H and O–H groups in total. The zero-order valence-electron chi connectivity index (χ0n) is 19.1. The fourth-order valence-electron chi connectivity index (χ4n) is 3.86. The van der Waals surface area contributed by atoms with Crippen molar-refractivity contribution < 1.29 is 19.1 Å². The summed E-state index contributed by atoms with van der Waals surface area (Å²) in [6.45, 7) is 3.86. The lowest BCUT2D eigenvalue weighted by molar-refractivity contribution is -0.121. The Morgan fingerprint density at radius 2 is 1.94 bits per heavy atom. The van der Waals surface area contributed by atoms with Gasteiger partial charge in [0.1, 0.15) is 11.5 Å². The van der Waals surface area contributed by atoms with E-state index in [9.17, 15) is 9.59 Å². The Balaban J connectivity index is 1.49. The second-order valence-corrected chi connectivity index (χ2v) is 9.05. The summed E-state index contributed by atoms with van der Waals surface area (Å²) in [7, 11) is 4.94. The van der Waals surface area contributed by atoms with Gasteiger partial charge < -0.3 is 14.4 Å². The Morgan fingerprint density at radius 3 is 2.67 bits per heavy atom. The number of nitrogens with one attached hydrogen (secondary N) is 1. The number of ether oxygens (including phenoxy) is 2. The minimum atomic E-state index is -0.583. The molecule has 170 valence electrons. The van der Waals surface area contributed by atoms with Crippen molar-refractivity contribution in [1.29, 1.82) is 0 Å². The molecule has 3 aromatic rings. The molecule has 0 atom stereocenters. The van der Waals surface area contributed by atoms with Crippen LogP contribution in [-0.2, 0) is 15.0 Å². The van der Waals surface area contributed by atoms with Crippen molar-refractivity contribution >= 4 is 40.0 Å². The van der Waals surface area contributed by atoms with Crippen LogP contribution >= 0.6 is 11.3 Å². The molecule has 0 spiro atoms. The Kier molecular flexibility index (Phi) is 5.95. The highest BCUT2D eigenvalue weighted by atomic mass is 32.1. The minimum Gasteiger partial charge on any atom is -0.497 e. The van der Waals surface area contributed by atoms with E-state index in [0.717, 1.165) is 28.1 Å². The molecule has 2 amide bonds. The number of aromatic nitrogens is 1. The van der Waals surface area contributed by atoms with Crippen molar-refractivity contribution in [2.24, 2.45) is 0 Å². The van der Waals surface area contributed by atoms with Crippen LogP contribution < -0.4 is 19.7 Å². The first-order chi connectivity index (χ1) is 15.7. The normalized spacial score (nSPS) is 14.5. The number of thiazole rings is 1. The number of methoxy groups -OCH3 is 2. The fourth-order valence-corrected chi connectivity index (χ4v) is 4.59. The minimum absolute atomic E-state index is 0.0705. The molecular formula is C25H25N3O4S. The number of rotatable bonds is 6. The molecular weight excluding hydrogens is 438 g/mol. The molecule has 0 unspecified atom stereocenters. The Morgan fingerprint density at radius 1 is 1.15 bits per heavy atom. The molecule has 0 radical (unpaired) electrons. The van der Waals surface area contributed by atoms with E-state index in [1.54, 1.807) is 44.4 Å². The molecule has 2 aromatic carbocycles. The van der Waals surface area contributed by atoms with Crippen LogP contribution in [0.4, 0.5) is 10.8 Å². The van der Waals surface area contributed by atoms with Crippen molar-refractivity contribution in [1.82, 2.24) is 4.98 Å². The van der Waals surface area contributed by atoms with Gasteiger partial charge in [0.25, 0.3) is 0 Å². The number of benzene rings is 2. The van der Waals surface area contributed by atoms with Gasteiger partial charge in [-0.15, -0.1) is 11.3 Å². The van der Waals surface area contributed by atoms with Gasteiger partial charge in [0.2, 0.25) is 11.8 Å². The molecule has 1 aliphatic heterocycles. The largest absolute Gasteiger partial charge is 0.497 e. The van der Waals surface area contributed by atoms with E-state index < -0.39 is 5.41 Å². The van der Waals surface area contributed by atoms with Crippen LogP contribution in [0.25, 0.3) is 17.3 Å². The van der Waals surface area contributed by atoms with Gasteiger partial charge in [-0.1, -0.05) is 6.07 Å². The maximum atomic E-state index is 12.5. The number of hydrogen-bond acceptors (Lipinski definition) is 6. The predicted octanol–water partition coefficient (Wildman–Crippen LogP) is 4.73. The van der Waals surface area contributed by atoms with Crippen molar-refractivity contribution in [2.75, 3.05) is 31.5 Å². The Bertz CT molecular complexity index is 1260. The molecule has 33 heavy (non-hydrogen) atoms. The number of carbonyl (C=O) groups is 2. The molecule has 4 rings (SSSR count). The van der Waals surface area contributed by atoms with Gasteiger partial charge in [-0.05, 0) is 49.8 Å². The second kappa shape index (κ2) is 8.71. The molecule has 0 aliphatic carbocycles. The van der Waals surface area contributed by atoms with Crippen molar-refractivity contribution in [3.63, 3.8) is 0 Å². The maximum Gasteiger partial charge on any atom is 0.250 e. The average molecular weight is 464 g/mol. The number of fused-ring (bicyclic) bond motifs is 1. The number of likely N-dealkylation sites (N-methyl/N-ethyl adjacent to an activating group) is 1. The second-order valence-electron chi connectivity index (χ2n) is 8.19. The van der Waals surface area contributed by atoms with Gasteiger partial charge in [0, 0.05) is 41.4 Å². The van der Waals surface area contributed by atoms with E-state index in [1.165, 1.54) is 17.4 Å². The Hall–Kier alpha value is -3.65. The average Bonchev–Trinajstić information content (AvgIpc) is 3.35. The summed E-state index contributed by atoms with van der Waals surface area (Å²) >= 11 is 1.35.